The van der Waals surface area contributed by atoms with E-state index in [1.807, 2.05) is 12.3 Å². The van der Waals surface area contributed by atoms with Crippen molar-refractivity contribution in [1.29, 1.82) is 0 Å². The molecule has 14 heavy (non-hydrogen) atoms. The van der Waals surface area contributed by atoms with Gasteiger partial charge in [-0.15, -0.1) is 11.8 Å². The molecule has 2 rings (SSSR count). The maximum atomic E-state index is 5.60. The summed E-state index contributed by atoms with van der Waals surface area (Å²) in [5.74, 6) is 1.59. The smallest absolute Gasteiger partial charge is 0.133 e. The molecule has 3 nitrogen and oxygen atoms in total. The molecule has 0 aromatic carbocycles. The molecular weight excluding hydrogens is 194 g/mol. The topological polar surface area (TPSA) is 51.8 Å². The fourth-order valence-corrected chi connectivity index (χ4v) is 1.99. The molecule has 2 N–H and O–H groups in total. The molecule has 0 amide bonds. The van der Waals surface area contributed by atoms with Crippen molar-refractivity contribution in [3.63, 3.8) is 0 Å². The van der Waals surface area contributed by atoms with E-state index >= 15 is 0 Å². The molecule has 1 aromatic heterocycles. The Labute approximate surface area is 88.5 Å². The molecule has 76 valence electrons. The van der Waals surface area contributed by atoms with Gasteiger partial charge in [0.05, 0.1) is 10.7 Å². The molecule has 0 atom stereocenters. The van der Waals surface area contributed by atoms with Crippen LogP contribution in [0, 0.1) is 0 Å². The van der Waals surface area contributed by atoms with E-state index in [2.05, 4.69) is 9.97 Å². The van der Waals surface area contributed by atoms with Crippen molar-refractivity contribution in [3.8, 4) is 0 Å². The van der Waals surface area contributed by atoms with Crippen molar-refractivity contribution in [3.05, 3.63) is 17.6 Å². The van der Waals surface area contributed by atoms with Gasteiger partial charge in [0.2, 0.25) is 0 Å². The zero-order valence-corrected chi connectivity index (χ0v) is 9.18. The van der Waals surface area contributed by atoms with Crippen LogP contribution in [0.5, 0.6) is 0 Å². The summed E-state index contributed by atoms with van der Waals surface area (Å²) in [5, 5.41) is 1.04. The minimum atomic E-state index is 0.510. The third-order valence-corrected chi connectivity index (χ3v) is 3.29. The first-order valence-corrected chi connectivity index (χ1v) is 6.18. The van der Waals surface area contributed by atoms with Crippen LogP contribution in [0.1, 0.15) is 36.7 Å². The Hall–Kier alpha value is -0.610. The summed E-state index contributed by atoms with van der Waals surface area (Å²) >= 11 is 1.66. The number of nitrogens with two attached hydrogens (primary N) is 1. The Morgan fingerprint density at radius 2 is 2.29 bits per heavy atom. The third kappa shape index (κ3) is 1.91. The summed E-state index contributed by atoms with van der Waals surface area (Å²) in [5.41, 5.74) is 6.57. The van der Waals surface area contributed by atoms with Gasteiger partial charge in [-0.1, -0.05) is 6.42 Å². The minimum Gasteiger partial charge on any atom is -0.325 e. The number of aromatic nitrogens is 2. The molecule has 0 aliphatic heterocycles. The zero-order chi connectivity index (χ0) is 9.97. The first-order chi connectivity index (χ1) is 6.83. The fourth-order valence-electron chi connectivity index (χ4n) is 1.55. The number of nitrogens with zero attached hydrogens (tertiary/aromatic N) is 2. The second kappa shape index (κ2) is 4.28. The molecule has 1 aliphatic carbocycles. The highest BCUT2D eigenvalue weighted by Gasteiger charge is 2.22. The molecule has 1 saturated carbocycles. The lowest BCUT2D eigenvalue weighted by molar-refractivity contribution is 0.398. The number of thioether (sulfide) groups is 1. The van der Waals surface area contributed by atoms with Crippen molar-refractivity contribution in [2.45, 2.75) is 36.8 Å². The van der Waals surface area contributed by atoms with Gasteiger partial charge in [-0.2, -0.15) is 0 Å². The Balaban J connectivity index is 2.28. The largest absolute Gasteiger partial charge is 0.325 e. The Morgan fingerprint density at radius 3 is 2.79 bits per heavy atom. The summed E-state index contributed by atoms with van der Waals surface area (Å²) in [6, 6.07) is 1.98. The van der Waals surface area contributed by atoms with E-state index in [9.17, 15) is 0 Å². The maximum absolute atomic E-state index is 5.60. The minimum absolute atomic E-state index is 0.510. The molecule has 1 heterocycles. The average molecular weight is 209 g/mol. The van der Waals surface area contributed by atoms with E-state index in [1.54, 1.807) is 11.8 Å². The Bertz CT molecular complexity index is 301. The third-order valence-electron chi connectivity index (χ3n) is 2.66. The van der Waals surface area contributed by atoms with Crippen LogP contribution in [-0.4, -0.2) is 16.2 Å². The van der Waals surface area contributed by atoms with Gasteiger partial charge < -0.3 is 5.73 Å². The van der Waals surface area contributed by atoms with Crippen molar-refractivity contribution in [2.75, 3.05) is 6.26 Å². The van der Waals surface area contributed by atoms with Gasteiger partial charge in [-0.3, -0.25) is 0 Å². The monoisotopic (exact) mass is 209 g/mol. The van der Waals surface area contributed by atoms with Crippen LogP contribution in [0.3, 0.4) is 0 Å². The van der Waals surface area contributed by atoms with Gasteiger partial charge in [0.15, 0.2) is 0 Å². The first kappa shape index (κ1) is 9.93. The normalized spacial score (nSPS) is 16.7. The summed E-state index contributed by atoms with van der Waals surface area (Å²) < 4.78 is 0. The molecule has 0 unspecified atom stereocenters. The lowest BCUT2D eigenvalue weighted by atomic mass is 9.85. The van der Waals surface area contributed by atoms with Crippen LogP contribution in [0.4, 0.5) is 0 Å². The van der Waals surface area contributed by atoms with E-state index in [4.69, 9.17) is 5.73 Å². The molecule has 1 fully saturated rings. The summed E-state index contributed by atoms with van der Waals surface area (Å²) in [6.45, 7) is 0.510. The van der Waals surface area contributed by atoms with E-state index < -0.39 is 0 Å². The predicted octanol–water partition coefficient (Wildman–Crippen LogP) is 1.92. The van der Waals surface area contributed by atoms with Crippen molar-refractivity contribution >= 4 is 11.8 Å². The van der Waals surface area contributed by atoms with Crippen LogP contribution < -0.4 is 5.73 Å². The lowest BCUT2D eigenvalue weighted by Gasteiger charge is -2.24. The first-order valence-electron chi connectivity index (χ1n) is 4.95. The second-order valence-electron chi connectivity index (χ2n) is 3.59. The van der Waals surface area contributed by atoms with Crippen LogP contribution in [0.2, 0.25) is 0 Å². The SMILES string of the molecule is CSc1cc(CN)nc(C2CCC2)n1. The van der Waals surface area contributed by atoms with Gasteiger partial charge in [0, 0.05) is 12.5 Å². The highest BCUT2D eigenvalue weighted by atomic mass is 32.2. The van der Waals surface area contributed by atoms with E-state index in [0.29, 0.717) is 12.5 Å². The second-order valence-corrected chi connectivity index (χ2v) is 4.42. The van der Waals surface area contributed by atoms with Crippen molar-refractivity contribution < 1.29 is 0 Å². The van der Waals surface area contributed by atoms with Crippen LogP contribution in [0.25, 0.3) is 0 Å². The number of rotatable bonds is 3. The zero-order valence-electron chi connectivity index (χ0n) is 8.36. The van der Waals surface area contributed by atoms with E-state index in [0.717, 1.165) is 16.5 Å². The molecule has 4 heteroatoms. The number of hydrogen-bond donors (Lipinski definition) is 1. The van der Waals surface area contributed by atoms with Gasteiger partial charge >= 0.3 is 0 Å². The van der Waals surface area contributed by atoms with Gasteiger partial charge in [0.25, 0.3) is 0 Å². The molecule has 0 radical (unpaired) electrons. The van der Waals surface area contributed by atoms with Crippen molar-refractivity contribution in [1.82, 2.24) is 9.97 Å². The summed E-state index contributed by atoms with van der Waals surface area (Å²) in [4.78, 5) is 8.99. The number of hydrogen-bond acceptors (Lipinski definition) is 4. The van der Waals surface area contributed by atoms with E-state index in [-0.39, 0.29) is 0 Å². The van der Waals surface area contributed by atoms with Gasteiger partial charge in [-0.25, -0.2) is 9.97 Å². The van der Waals surface area contributed by atoms with Crippen molar-refractivity contribution in [2.24, 2.45) is 5.73 Å². The Morgan fingerprint density at radius 1 is 1.50 bits per heavy atom. The highest BCUT2D eigenvalue weighted by Crippen LogP contribution is 2.34. The van der Waals surface area contributed by atoms with E-state index in [1.165, 1.54) is 19.3 Å². The average Bonchev–Trinajstić information content (AvgIpc) is 2.14. The standard InChI is InChI=1S/C10H15N3S/c1-14-9-5-8(6-11)12-10(13-9)7-3-2-4-7/h5,7H,2-4,6,11H2,1H3. The van der Waals surface area contributed by atoms with Crippen LogP contribution in [0.15, 0.2) is 11.1 Å². The maximum Gasteiger partial charge on any atom is 0.133 e. The predicted molar refractivity (Wildman–Crippen MR) is 58.3 cm³/mol. The molecule has 0 spiro atoms. The molecular formula is C10H15N3S. The quantitative estimate of drug-likeness (QED) is 0.610. The fraction of sp³-hybridized carbons (Fsp3) is 0.600. The summed E-state index contributed by atoms with van der Waals surface area (Å²) in [7, 11) is 0. The summed E-state index contributed by atoms with van der Waals surface area (Å²) in [6.07, 6.45) is 5.83. The van der Waals surface area contributed by atoms with Gasteiger partial charge in [-0.05, 0) is 25.2 Å². The molecule has 0 saturated heterocycles. The lowest BCUT2D eigenvalue weighted by Crippen LogP contribution is -2.15. The molecule has 1 aliphatic rings. The van der Waals surface area contributed by atoms with Crippen LogP contribution >= 0.6 is 11.8 Å². The highest BCUT2D eigenvalue weighted by molar-refractivity contribution is 7.98. The van der Waals surface area contributed by atoms with Gasteiger partial charge in [0.1, 0.15) is 5.82 Å². The molecule has 0 bridgehead atoms. The molecule has 1 aromatic rings. The van der Waals surface area contributed by atoms with Crippen LogP contribution in [-0.2, 0) is 6.54 Å². The Kier molecular flexibility index (Phi) is 3.03.